The number of Topliss-reactive ketones (excluding diaryl/α,β-unsaturated/α-hetero) is 1. The molecule has 0 unspecified atom stereocenters. The summed E-state index contributed by atoms with van der Waals surface area (Å²) in [6.07, 6.45) is 3.09. The molecule has 1 aromatic carbocycles. The van der Waals surface area contributed by atoms with Gasteiger partial charge in [-0.3, -0.25) is 4.99 Å². The Bertz CT molecular complexity index is 290. The number of nitrogens with zero attached hydrogens (tertiary/aromatic N) is 1. The number of hydrogen-bond donors (Lipinski definition) is 0. The van der Waals surface area contributed by atoms with Crippen LogP contribution in [-0.2, 0) is 4.79 Å². The lowest BCUT2D eigenvalue weighted by atomic mass is 10.2. The second-order valence-corrected chi connectivity index (χ2v) is 2.89. The highest BCUT2D eigenvalue weighted by Gasteiger charge is 1.89. The fourth-order valence-electron chi connectivity index (χ4n) is 0.952. The standard InChI is InChI=1S/C11H13NO/c1-10(13)6-5-9-12-11-7-3-2-4-8-11/h2-4,7-9H,5-6H2,1H3/b12-9+. The molecule has 0 saturated heterocycles. The molecule has 0 saturated carbocycles. The molecule has 0 N–H and O–H groups in total. The SMILES string of the molecule is CC(=O)CC/C=N/c1ccccc1. The number of para-hydroxylation sites is 1. The van der Waals surface area contributed by atoms with Crippen molar-refractivity contribution >= 4 is 17.7 Å². The Kier molecular flexibility index (Phi) is 3.89. The van der Waals surface area contributed by atoms with Crippen LogP contribution in [-0.4, -0.2) is 12.0 Å². The number of rotatable bonds is 4. The summed E-state index contributed by atoms with van der Waals surface area (Å²) < 4.78 is 0. The highest BCUT2D eigenvalue weighted by molar-refractivity contribution is 5.78. The van der Waals surface area contributed by atoms with Gasteiger partial charge in [0.25, 0.3) is 0 Å². The zero-order valence-corrected chi connectivity index (χ0v) is 7.73. The molecule has 2 nitrogen and oxygen atoms in total. The predicted octanol–water partition coefficient (Wildman–Crippen LogP) is 2.76. The molecule has 0 spiro atoms. The minimum atomic E-state index is 0.208. The van der Waals surface area contributed by atoms with Crippen LogP contribution < -0.4 is 0 Å². The minimum absolute atomic E-state index is 0.208. The van der Waals surface area contributed by atoms with E-state index in [1.807, 2.05) is 30.3 Å². The summed E-state index contributed by atoms with van der Waals surface area (Å²) in [7, 11) is 0. The van der Waals surface area contributed by atoms with E-state index in [2.05, 4.69) is 4.99 Å². The molecular weight excluding hydrogens is 162 g/mol. The van der Waals surface area contributed by atoms with E-state index in [-0.39, 0.29) is 5.78 Å². The number of carbonyl (C=O) groups is 1. The average Bonchev–Trinajstić information content (AvgIpc) is 2.14. The van der Waals surface area contributed by atoms with Crippen LogP contribution in [0.1, 0.15) is 19.8 Å². The Hall–Kier alpha value is -1.44. The van der Waals surface area contributed by atoms with E-state index in [4.69, 9.17) is 0 Å². The lowest BCUT2D eigenvalue weighted by Gasteiger charge is -1.91. The summed E-state index contributed by atoms with van der Waals surface area (Å²) >= 11 is 0. The third-order valence-electron chi connectivity index (χ3n) is 1.62. The number of aliphatic imine (C=N–C) groups is 1. The number of ketones is 1. The van der Waals surface area contributed by atoms with Crippen LogP contribution in [0.15, 0.2) is 35.3 Å². The van der Waals surface area contributed by atoms with Crippen molar-refractivity contribution in [3.8, 4) is 0 Å². The first kappa shape index (κ1) is 9.65. The van der Waals surface area contributed by atoms with Crippen LogP contribution in [0.25, 0.3) is 0 Å². The van der Waals surface area contributed by atoms with Gasteiger partial charge in [0.05, 0.1) is 5.69 Å². The normalized spacial score (nSPS) is 10.5. The fraction of sp³-hybridized carbons (Fsp3) is 0.273. The van der Waals surface area contributed by atoms with Crippen molar-refractivity contribution in [3.63, 3.8) is 0 Å². The van der Waals surface area contributed by atoms with E-state index >= 15 is 0 Å². The summed E-state index contributed by atoms with van der Waals surface area (Å²) in [6, 6.07) is 9.71. The van der Waals surface area contributed by atoms with Gasteiger partial charge in [0.1, 0.15) is 5.78 Å². The average molecular weight is 175 g/mol. The van der Waals surface area contributed by atoms with Crippen LogP contribution in [0.5, 0.6) is 0 Å². The Morgan fingerprint density at radius 3 is 2.69 bits per heavy atom. The summed E-state index contributed by atoms with van der Waals surface area (Å²) in [6.45, 7) is 1.59. The van der Waals surface area contributed by atoms with Gasteiger partial charge < -0.3 is 4.79 Å². The fourth-order valence-corrected chi connectivity index (χ4v) is 0.952. The van der Waals surface area contributed by atoms with Gasteiger partial charge in [-0.2, -0.15) is 0 Å². The van der Waals surface area contributed by atoms with Gasteiger partial charge in [0.2, 0.25) is 0 Å². The molecule has 0 aliphatic heterocycles. The second kappa shape index (κ2) is 5.25. The highest BCUT2D eigenvalue weighted by Crippen LogP contribution is 2.08. The maximum atomic E-state index is 10.6. The van der Waals surface area contributed by atoms with E-state index in [0.29, 0.717) is 6.42 Å². The van der Waals surface area contributed by atoms with Crippen molar-refractivity contribution in [1.82, 2.24) is 0 Å². The van der Waals surface area contributed by atoms with Gasteiger partial charge in [0, 0.05) is 12.6 Å². The molecule has 13 heavy (non-hydrogen) atoms. The molecule has 1 rings (SSSR count). The van der Waals surface area contributed by atoms with Crippen LogP contribution in [0, 0.1) is 0 Å². The minimum Gasteiger partial charge on any atom is -0.300 e. The molecular formula is C11H13NO. The monoisotopic (exact) mass is 175 g/mol. The van der Waals surface area contributed by atoms with E-state index in [1.54, 1.807) is 13.1 Å². The third-order valence-corrected chi connectivity index (χ3v) is 1.62. The molecule has 2 heteroatoms. The van der Waals surface area contributed by atoms with Crippen LogP contribution in [0.4, 0.5) is 5.69 Å². The first-order valence-corrected chi connectivity index (χ1v) is 4.36. The van der Waals surface area contributed by atoms with E-state index in [1.165, 1.54) is 0 Å². The summed E-state index contributed by atoms with van der Waals surface area (Å²) in [5.74, 6) is 0.208. The number of carbonyl (C=O) groups excluding carboxylic acids is 1. The molecule has 0 heterocycles. The third kappa shape index (κ3) is 4.21. The van der Waals surface area contributed by atoms with Gasteiger partial charge in [0.15, 0.2) is 0 Å². The number of hydrogen-bond acceptors (Lipinski definition) is 2. The number of benzene rings is 1. The largest absolute Gasteiger partial charge is 0.300 e. The molecule has 0 amide bonds. The first-order chi connectivity index (χ1) is 6.29. The van der Waals surface area contributed by atoms with Gasteiger partial charge in [-0.05, 0) is 25.5 Å². The maximum absolute atomic E-state index is 10.6. The van der Waals surface area contributed by atoms with Crippen molar-refractivity contribution in [3.05, 3.63) is 30.3 Å². The zero-order valence-electron chi connectivity index (χ0n) is 7.73. The van der Waals surface area contributed by atoms with Crippen LogP contribution >= 0.6 is 0 Å². The van der Waals surface area contributed by atoms with Crippen LogP contribution in [0.2, 0.25) is 0 Å². The van der Waals surface area contributed by atoms with Crippen molar-refractivity contribution in [2.75, 3.05) is 0 Å². The van der Waals surface area contributed by atoms with Crippen molar-refractivity contribution in [1.29, 1.82) is 0 Å². The van der Waals surface area contributed by atoms with Crippen molar-refractivity contribution in [2.45, 2.75) is 19.8 Å². The smallest absolute Gasteiger partial charge is 0.130 e. The summed E-state index contributed by atoms with van der Waals surface area (Å²) in [5, 5.41) is 0. The lowest BCUT2D eigenvalue weighted by Crippen LogP contribution is -1.88. The highest BCUT2D eigenvalue weighted by atomic mass is 16.1. The maximum Gasteiger partial charge on any atom is 0.130 e. The summed E-state index contributed by atoms with van der Waals surface area (Å²) in [4.78, 5) is 14.8. The Labute approximate surface area is 78.3 Å². The first-order valence-electron chi connectivity index (χ1n) is 4.36. The molecule has 0 atom stereocenters. The molecule has 0 aromatic heterocycles. The summed E-state index contributed by atoms with van der Waals surface area (Å²) in [5.41, 5.74) is 0.936. The van der Waals surface area contributed by atoms with Crippen molar-refractivity contribution in [2.24, 2.45) is 4.99 Å². The molecule has 0 aliphatic rings. The van der Waals surface area contributed by atoms with Gasteiger partial charge >= 0.3 is 0 Å². The molecule has 0 aliphatic carbocycles. The topological polar surface area (TPSA) is 29.4 Å². The Morgan fingerprint density at radius 1 is 1.38 bits per heavy atom. The second-order valence-electron chi connectivity index (χ2n) is 2.89. The molecule has 0 fully saturated rings. The van der Waals surface area contributed by atoms with Crippen LogP contribution in [0.3, 0.4) is 0 Å². The Balaban J connectivity index is 2.37. The van der Waals surface area contributed by atoms with Crippen molar-refractivity contribution < 1.29 is 4.79 Å². The molecule has 1 aromatic rings. The van der Waals surface area contributed by atoms with Gasteiger partial charge in [-0.15, -0.1) is 0 Å². The Morgan fingerprint density at radius 2 is 2.08 bits per heavy atom. The lowest BCUT2D eigenvalue weighted by molar-refractivity contribution is -0.116. The quantitative estimate of drug-likeness (QED) is 0.647. The molecule has 68 valence electrons. The zero-order chi connectivity index (χ0) is 9.52. The van der Waals surface area contributed by atoms with Gasteiger partial charge in [-0.1, -0.05) is 18.2 Å². The molecule has 0 bridgehead atoms. The molecule has 0 radical (unpaired) electrons. The predicted molar refractivity (Wildman–Crippen MR) is 54.5 cm³/mol. The van der Waals surface area contributed by atoms with E-state index in [0.717, 1.165) is 12.1 Å². The van der Waals surface area contributed by atoms with Gasteiger partial charge in [-0.25, -0.2) is 0 Å². The van der Waals surface area contributed by atoms with E-state index in [9.17, 15) is 4.79 Å². The van der Waals surface area contributed by atoms with E-state index < -0.39 is 0 Å².